The molecule has 0 N–H and O–H groups in total. The number of benzene rings is 2. The molecule has 2 aromatic carbocycles. The zero-order valence-corrected chi connectivity index (χ0v) is 16.8. The number of alkyl halides is 3. The third kappa shape index (κ3) is 6.48. The van der Waals surface area contributed by atoms with Crippen LogP contribution in [0.4, 0.5) is 17.6 Å². The first-order chi connectivity index (χ1) is 13.8. The summed E-state index contributed by atoms with van der Waals surface area (Å²) in [5.41, 5.74) is 1.88. The van der Waals surface area contributed by atoms with Gasteiger partial charge in [0.05, 0.1) is 0 Å². The average molecular weight is 408 g/mol. The van der Waals surface area contributed by atoms with Crippen molar-refractivity contribution in [3.8, 4) is 16.9 Å². The zero-order valence-electron chi connectivity index (χ0n) is 16.8. The van der Waals surface area contributed by atoms with Crippen LogP contribution in [0.15, 0.2) is 42.5 Å². The largest absolute Gasteiger partial charge is 0.573 e. The third-order valence-electron chi connectivity index (χ3n) is 5.94. The van der Waals surface area contributed by atoms with E-state index in [1.54, 1.807) is 12.1 Å². The van der Waals surface area contributed by atoms with Crippen LogP contribution in [0.2, 0.25) is 0 Å². The minimum Gasteiger partial charge on any atom is -0.406 e. The zero-order chi connectivity index (χ0) is 20.9. The molecule has 3 rings (SSSR count). The van der Waals surface area contributed by atoms with Gasteiger partial charge >= 0.3 is 6.36 Å². The number of rotatable bonds is 7. The first-order valence-corrected chi connectivity index (χ1v) is 10.5. The first-order valence-electron chi connectivity index (χ1n) is 10.5. The fourth-order valence-electron chi connectivity index (χ4n) is 4.37. The van der Waals surface area contributed by atoms with E-state index in [1.807, 2.05) is 6.07 Å². The molecule has 0 aliphatic heterocycles. The van der Waals surface area contributed by atoms with Gasteiger partial charge < -0.3 is 4.74 Å². The van der Waals surface area contributed by atoms with Crippen molar-refractivity contribution in [2.45, 2.75) is 64.7 Å². The van der Waals surface area contributed by atoms with Gasteiger partial charge in [-0.25, -0.2) is 4.39 Å². The van der Waals surface area contributed by atoms with E-state index in [2.05, 4.69) is 11.7 Å². The Hall–Kier alpha value is -2.04. The van der Waals surface area contributed by atoms with Gasteiger partial charge in [0.1, 0.15) is 11.6 Å². The van der Waals surface area contributed by atoms with Crippen LogP contribution < -0.4 is 4.74 Å². The van der Waals surface area contributed by atoms with Crippen LogP contribution in [0.25, 0.3) is 11.1 Å². The van der Waals surface area contributed by atoms with Crippen molar-refractivity contribution in [3.05, 3.63) is 53.8 Å². The quantitative estimate of drug-likeness (QED) is 0.423. The van der Waals surface area contributed by atoms with Gasteiger partial charge in [-0.1, -0.05) is 69.7 Å². The number of ether oxygens (including phenoxy) is 1. The molecule has 158 valence electrons. The van der Waals surface area contributed by atoms with Crippen molar-refractivity contribution in [2.24, 2.45) is 11.8 Å². The van der Waals surface area contributed by atoms with Crippen molar-refractivity contribution in [1.29, 1.82) is 0 Å². The summed E-state index contributed by atoms with van der Waals surface area (Å²) >= 11 is 0. The molecule has 29 heavy (non-hydrogen) atoms. The molecular weight excluding hydrogens is 380 g/mol. The molecule has 1 nitrogen and oxygen atoms in total. The Morgan fingerprint density at radius 2 is 1.52 bits per heavy atom. The third-order valence-corrected chi connectivity index (χ3v) is 5.94. The Kier molecular flexibility index (Phi) is 7.20. The molecule has 0 heterocycles. The number of aryl methyl sites for hydroxylation is 1. The maximum Gasteiger partial charge on any atom is 0.573 e. The Bertz CT molecular complexity index is 774. The minimum atomic E-state index is -4.73. The van der Waals surface area contributed by atoms with E-state index < -0.39 is 6.36 Å². The summed E-state index contributed by atoms with van der Waals surface area (Å²) < 4.78 is 55.2. The Morgan fingerprint density at radius 3 is 2.07 bits per heavy atom. The lowest BCUT2D eigenvalue weighted by atomic mass is 9.78. The molecule has 0 atom stereocenters. The summed E-state index contributed by atoms with van der Waals surface area (Å²) in [5.74, 6) is 0.957. The van der Waals surface area contributed by atoms with Crippen LogP contribution in [-0.4, -0.2) is 6.36 Å². The van der Waals surface area contributed by atoms with Gasteiger partial charge in [-0.15, -0.1) is 13.2 Å². The van der Waals surface area contributed by atoms with Crippen molar-refractivity contribution in [1.82, 2.24) is 0 Å². The van der Waals surface area contributed by atoms with Gasteiger partial charge in [0, 0.05) is 5.56 Å². The highest BCUT2D eigenvalue weighted by molar-refractivity contribution is 5.65. The molecule has 1 saturated carbocycles. The fourth-order valence-corrected chi connectivity index (χ4v) is 4.37. The van der Waals surface area contributed by atoms with Gasteiger partial charge in [0.2, 0.25) is 0 Å². The van der Waals surface area contributed by atoms with Crippen LogP contribution in [0.3, 0.4) is 0 Å². The monoisotopic (exact) mass is 408 g/mol. The molecular formula is C24H28F4O. The summed E-state index contributed by atoms with van der Waals surface area (Å²) in [5, 5.41) is 0. The lowest BCUT2D eigenvalue weighted by molar-refractivity contribution is -0.274. The van der Waals surface area contributed by atoms with Crippen molar-refractivity contribution in [3.63, 3.8) is 0 Å². The summed E-state index contributed by atoms with van der Waals surface area (Å²) in [6, 6.07) is 10.5. The number of halogens is 4. The van der Waals surface area contributed by atoms with Crippen molar-refractivity contribution >= 4 is 0 Å². The van der Waals surface area contributed by atoms with Gasteiger partial charge in [0.25, 0.3) is 0 Å². The predicted molar refractivity (Wildman–Crippen MR) is 107 cm³/mol. The number of hydrogen-bond donors (Lipinski definition) is 0. The Morgan fingerprint density at radius 1 is 0.897 bits per heavy atom. The molecule has 0 spiro atoms. The summed E-state index contributed by atoms with van der Waals surface area (Å²) in [6.07, 6.45) is 5.00. The number of hydrogen-bond acceptors (Lipinski definition) is 1. The van der Waals surface area contributed by atoms with Crippen molar-refractivity contribution in [2.75, 3.05) is 0 Å². The van der Waals surface area contributed by atoms with Gasteiger partial charge in [-0.3, -0.25) is 0 Å². The second-order valence-electron chi connectivity index (χ2n) is 8.10. The van der Waals surface area contributed by atoms with E-state index in [0.29, 0.717) is 11.1 Å². The van der Waals surface area contributed by atoms with E-state index in [1.165, 1.54) is 62.8 Å². The predicted octanol–water partition coefficient (Wildman–Crippen LogP) is 7.93. The normalized spacial score (nSPS) is 19.9. The first kappa shape index (κ1) is 21.7. The summed E-state index contributed by atoms with van der Waals surface area (Å²) in [6.45, 7) is 2.25. The second-order valence-corrected chi connectivity index (χ2v) is 8.10. The van der Waals surface area contributed by atoms with E-state index in [-0.39, 0.29) is 11.6 Å². The van der Waals surface area contributed by atoms with E-state index in [9.17, 15) is 17.6 Å². The molecule has 0 aromatic heterocycles. The highest BCUT2D eigenvalue weighted by Crippen LogP contribution is 2.34. The maximum atomic E-state index is 14.6. The van der Waals surface area contributed by atoms with Crippen LogP contribution in [0, 0.1) is 17.7 Å². The summed E-state index contributed by atoms with van der Waals surface area (Å²) in [7, 11) is 0. The van der Waals surface area contributed by atoms with E-state index in [4.69, 9.17) is 0 Å². The molecule has 1 aliphatic carbocycles. The maximum absolute atomic E-state index is 14.6. The molecule has 0 radical (unpaired) electrons. The molecule has 0 amide bonds. The highest BCUT2D eigenvalue weighted by atomic mass is 19.4. The average Bonchev–Trinajstić information content (AvgIpc) is 2.67. The van der Waals surface area contributed by atoms with Crippen LogP contribution in [0.5, 0.6) is 5.75 Å². The van der Waals surface area contributed by atoms with E-state index >= 15 is 0 Å². The summed E-state index contributed by atoms with van der Waals surface area (Å²) in [4.78, 5) is 0. The molecule has 0 saturated heterocycles. The Balaban J connectivity index is 1.56. The molecule has 0 bridgehead atoms. The minimum absolute atomic E-state index is 0.313. The lowest BCUT2D eigenvalue weighted by Crippen LogP contribution is -2.16. The Labute approximate surface area is 170 Å². The molecule has 0 unspecified atom stereocenters. The highest BCUT2D eigenvalue weighted by Gasteiger charge is 2.31. The molecule has 2 aromatic rings. The van der Waals surface area contributed by atoms with E-state index in [0.717, 1.165) is 30.2 Å². The van der Waals surface area contributed by atoms with Gasteiger partial charge in [0.15, 0.2) is 0 Å². The van der Waals surface area contributed by atoms with Crippen LogP contribution in [-0.2, 0) is 6.42 Å². The standard InChI is InChI=1S/C24H28F4O/c1-2-3-17-4-6-18(7-5-17)8-9-19-10-15-22(23(25)16-19)20-11-13-21(14-12-20)29-24(26,27)28/h10-18H,2-9H2,1H3/t17-,18-. The van der Waals surface area contributed by atoms with Gasteiger partial charge in [-0.05, 0) is 54.0 Å². The van der Waals surface area contributed by atoms with Crippen molar-refractivity contribution < 1.29 is 22.3 Å². The van der Waals surface area contributed by atoms with Gasteiger partial charge in [-0.2, -0.15) is 0 Å². The van der Waals surface area contributed by atoms with Crippen LogP contribution in [0.1, 0.15) is 57.4 Å². The van der Waals surface area contributed by atoms with Crippen LogP contribution >= 0.6 is 0 Å². The smallest absolute Gasteiger partial charge is 0.406 e. The SMILES string of the molecule is CCC[C@H]1CC[C@H](CCc2ccc(-c3ccc(OC(F)(F)F)cc3)c(F)c2)CC1. The second kappa shape index (κ2) is 9.64. The molecule has 1 aliphatic rings. The fraction of sp³-hybridized carbons (Fsp3) is 0.500. The lowest BCUT2D eigenvalue weighted by Gasteiger charge is -2.28. The molecule has 5 heteroatoms. The topological polar surface area (TPSA) is 9.23 Å². The molecule has 1 fully saturated rings.